The molecule has 0 radical (unpaired) electrons. The molecule has 112 valence electrons. The van der Waals surface area contributed by atoms with Crippen molar-refractivity contribution in [3.8, 4) is 0 Å². The van der Waals surface area contributed by atoms with Crippen molar-refractivity contribution >= 4 is 11.6 Å². The zero-order valence-electron chi connectivity index (χ0n) is 12.3. The molecule has 0 spiro atoms. The smallest absolute Gasteiger partial charge is 0.271 e. The van der Waals surface area contributed by atoms with E-state index in [0.717, 1.165) is 38.0 Å². The van der Waals surface area contributed by atoms with Crippen molar-refractivity contribution in [2.24, 2.45) is 7.05 Å². The van der Waals surface area contributed by atoms with Crippen molar-refractivity contribution in [1.29, 1.82) is 0 Å². The second-order valence-corrected chi connectivity index (χ2v) is 5.22. The monoisotopic (exact) mass is 280 g/mol. The third-order valence-corrected chi connectivity index (χ3v) is 3.74. The van der Waals surface area contributed by atoms with Gasteiger partial charge in [-0.3, -0.25) is 9.48 Å². The van der Waals surface area contributed by atoms with Gasteiger partial charge >= 0.3 is 0 Å². The number of amides is 1. The van der Waals surface area contributed by atoms with Crippen molar-refractivity contribution in [3.63, 3.8) is 0 Å². The van der Waals surface area contributed by atoms with Crippen LogP contribution in [0.25, 0.3) is 0 Å². The van der Waals surface area contributed by atoms with Gasteiger partial charge in [0.15, 0.2) is 0 Å². The third-order valence-electron chi connectivity index (χ3n) is 3.74. The van der Waals surface area contributed by atoms with Gasteiger partial charge in [-0.05, 0) is 32.1 Å². The Kier molecular flexibility index (Phi) is 5.00. The molecule has 0 saturated carbocycles. The molecule has 2 heterocycles. The number of carbonyl (C=O) groups is 1. The lowest BCUT2D eigenvalue weighted by Crippen LogP contribution is -2.31. The molecular weight excluding hydrogens is 256 g/mol. The van der Waals surface area contributed by atoms with E-state index in [1.807, 2.05) is 6.92 Å². The van der Waals surface area contributed by atoms with Gasteiger partial charge < -0.3 is 15.8 Å². The fourth-order valence-electron chi connectivity index (χ4n) is 2.59. The van der Waals surface area contributed by atoms with E-state index in [4.69, 9.17) is 10.5 Å². The van der Waals surface area contributed by atoms with Gasteiger partial charge in [0.2, 0.25) is 0 Å². The van der Waals surface area contributed by atoms with E-state index < -0.39 is 0 Å². The fourth-order valence-corrected chi connectivity index (χ4v) is 2.59. The Hall–Kier alpha value is -1.56. The standard InChI is InChI=1S/C14H24N4O2/c1-3-11-12(15)13(18(2)17-11)14(19)16-8-7-10-6-4-5-9-20-10/h10H,3-9,15H2,1-2H3,(H,16,19). The Bertz CT molecular complexity index is 464. The largest absolute Gasteiger partial charge is 0.395 e. The number of ether oxygens (including phenoxy) is 1. The molecule has 6 nitrogen and oxygen atoms in total. The Balaban J connectivity index is 1.87. The maximum absolute atomic E-state index is 12.2. The van der Waals surface area contributed by atoms with E-state index in [0.29, 0.717) is 17.9 Å². The summed E-state index contributed by atoms with van der Waals surface area (Å²) in [5, 5.41) is 7.16. The number of nitrogen functional groups attached to an aromatic ring is 1. The number of aryl methyl sites for hydroxylation is 2. The minimum atomic E-state index is -0.159. The van der Waals surface area contributed by atoms with Crippen molar-refractivity contribution < 1.29 is 9.53 Å². The Morgan fingerprint density at radius 1 is 1.55 bits per heavy atom. The van der Waals surface area contributed by atoms with Gasteiger partial charge in [0, 0.05) is 20.2 Å². The van der Waals surface area contributed by atoms with Crippen LogP contribution >= 0.6 is 0 Å². The van der Waals surface area contributed by atoms with Gasteiger partial charge in [0.05, 0.1) is 17.5 Å². The summed E-state index contributed by atoms with van der Waals surface area (Å²) in [6.07, 6.45) is 5.30. The zero-order valence-corrected chi connectivity index (χ0v) is 12.3. The van der Waals surface area contributed by atoms with E-state index in [-0.39, 0.29) is 12.0 Å². The molecule has 1 aliphatic heterocycles. The molecule has 2 rings (SSSR count). The number of rotatable bonds is 5. The van der Waals surface area contributed by atoms with Gasteiger partial charge in [-0.1, -0.05) is 6.92 Å². The molecule has 1 amide bonds. The normalized spacial score (nSPS) is 19.0. The highest BCUT2D eigenvalue weighted by Crippen LogP contribution is 2.17. The van der Waals surface area contributed by atoms with E-state index >= 15 is 0 Å². The average Bonchev–Trinajstić information content (AvgIpc) is 2.74. The van der Waals surface area contributed by atoms with Crippen LogP contribution in [-0.4, -0.2) is 34.9 Å². The van der Waals surface area contributed by atoms with Gasteiger partial charge in [-0.2, -0.15) is 5.10 Å². The van der Waals surface area contributed by atoms with Crippen molar-refractivity contribution in [2.75, 3.05) is 18.9 Å². The number of nitrogens with zero attached hydrogens (tertiary/aromatic N) is 2. The average molecular weight is 280 g/mol. The molecule has 0 bridgehead atoms. The van der Waals surface area contributed by atoms with Gasteiger partial charge in [0.25, 0.3) is 5.91 Å². The van der Waals surface area contributed by atoms with Gasteiger partial charge in [-0.25, -0.2) is 0 Å². The lowest BCUT2D eigenvalue weighted by molar-refractivity contribution is 0.0117. The second-order valence-electron chi connectivity index (χ2n) is 5.22. The number of aromatic nitrogens is 2. The topological polar surface area (TPSA) is 82.2 Å². The molecular formula is C14H24N4O2. The molecule has 0 aliphatic carbocycles. The van der Waals surface area contributed by atoms with Gasteiger partial charge in [-0.15, -0.1) is 0 Å². The van der Waals surface area contributed by atoms with Gasteiger partial charge in [0.1, 0.15) is 5.69 Å². The summed E-state index contributed by atoms with van der Waals surface area (Å²) in [4.78, 5) is 12.2. The first kappa shape index (κ1) is 14.8. The summed E-state index contributed by atoms with van der Waals surface area (Å²) in [5.74, 6) is -0.159. The molecule has 6 heteroatoms. The van der Waals surface area contributed by atoms with E-state index in [2.05, 4.69) is 10.4 Å². The second kappa shape index (κ2) is 6.74. The minimum absolute atomic E-state index is 0.159. The van der Waals surface area contributed by atoms with Crippen LogP contribution in [0.1, 0.15) is 48.8 Å². The van der Waals surface area contributed by atoms with Crippen molar-refractivity contribution in [1.82, 2.24) is 15.1 Å². The highest BCUT2D eigenvalue weighted by molar-refractivity contribution is 5.97. The number of nitrogens with two attached hydrogens (primary N) is 1. The Morgan fingerprint density at radius 2 is 2.35 bits per heavy atom. The van der Waals surface area contributed by atoms with E-state index in [1.165, 1.54) is 6.42 Å². The molecule has 20 heavy (non-hydrogen) atoms. The molecule has 1 aromatic rings. The first-order valence-corrected chi connectivity index (χ1v) is 7.34. The molecule has 1 aromatic heterocycles. The molecule has 1 aliphatic rings. The predicted molar refractivity (Wildman–Crippen MR) is 77.5 cm³/mol. The van der Waals surface area contributed by atoms with Crippen LogP contribution in [0.3, 0.4) is 0 Å². The van der Waals surface area contributed by atoms with Crippen LogP contribution in [0.2, 0.25) is 0 Å². The summed E-state index contributed by atoms with van der Waals surface area (Å²) in [5.41, 5.74) is 7.67. The Morgan fingerprint density at radius 3 is 2.95 bits per heavy atom. The van der Waals surface area contributed by atoms with Crippen molar-refractivity contribution in [2.45, 2.75) is 45.1 Å². The fraction of sp³-hybridized carbons (Fsp3) is 0.714. The third kappa shape index (κ3) is 3.30. The SMILES string of the molecule is CCc1nn(C)c(C(=O)NCCC2CCCCO2)c1N. The molecule has 3 N–H and O–H groups in total. The van der Waals surface area contributed by atoms with Crippen LogP contribution in [0.15, 0.2) is 0 Å². The number of hydrogen-bond acceptors (Lipinski definition) is 4. The molecule has 1 unspecified atom stereocenters. The highest BCUT2D eigenvalue weighted by atomic mass is 16.5. The quantitative estimate of drug-likeness (QED) is 0.850. The van der Waals surface area contributed by atoms with Crippen LogP contribution in [0.4, 0.5) is 5.69 Å². The number of hydrogen-bond donors (Lipinski definition) is 2. The van der Waals surface area contributed by atoms with E-state index in [9.17, 15) is 4.79 Å². The summed E-state index contributed by atoms with van der Waals surface area (Å²) in [6, 6.07) is 0. The molecule has 1 fully saturated rings. The van der Waals surface area contributed by atoms with Crippen molar-refractivity contribution in [3.05, 3.63) is 11.4 Å². The highest BCUT2D eigenvalue weighted by Gasteiger charge is 2.19. The summed E-state index contributed by atoms with van der Waals surface area (Å²) < 4.78 is 7.20. The lowest BCUT2D eigenvalue weighted by Gasteiger charge is -2.22. The first-order chi connectivity index (χ1) is 9.63. The summed E-state index contributed by atoms with van der Waals surface area (Å²) in [6.45, 7) is 3.42. The summed E-state index contributed by atoms with van der Waals surface area (Å²) >= 11 is 0. The lowest BCUT2D eigenvalue weighted by atomic mass is 10.1. The maximum atomic E-state index is 12.2. The number of anilines is 1. The minimum Gasteiger partial charge on any atom is -0.395 e. The van der Waals surface area contributed by atoms with E-state index in [1.54, 1.807) is 11.7 Å². The van der Waals surface area contributed by atoms with Crippen LogP contribution < -0.4 is 11.1 Å². The van der Waals surface area contributed by atoms with Crippen LogP contribution in [0.5, 0.6) is 0 Å². The first-order valence-electron chi connectivity index (χ1n) is 7.34. The Labute approximate surface area is 119 Å². The van der Waals surface area contributed by atoms with Crippen LogP contribution in [0, 0.1) is 0 Å². The number of carbonyl (C=O) groups excluding carboxylic acids is 1. The zero-order chi connectivity index (χ0) is 14.5. The number of nitrogens with one attached hydrogen (secondary N) is 1. The summed E-state index contributed by atoms with van der Waals surface area (Å²) in [7, 11) is 1.74. The molecule has 0 aromatic carbocycles. The predicted octanol–water partition coefficient (Wildman–Crippen LogP) is 1.25. The molecule has 1 saturated heterocycles. The molecule has 1 atom stereocenters. The van der Waals surface area contributed by atoms with Crippen LogP contribution in [-0.2, 0) is 18.2 Å². The maximum Gasteiger partial charge on any atom is 0.271 e.